The third kappa shape index (κ3) is 5.28. The summed E-state index contributed by atoms with van der Waals surface area (Å²) in [6, 6.07) is 1.08. The maximum absolute atomic E-state index is 12.4. The molecule has 1 unspecified atom stereocenters. The molecular formula is C13H20N5O5S-. The quantitative estimate of drug-likeness (QED) is 0.777. The molecule has 134 valence electrons. The summed E-state index contributed by atoms with van der Waals surface area (Å²) in [5, 5.41) is 6.01. The molecule has 0 aromatic carbocycles. The molecule has 1 aromatic heterocycles. The average Bonchev–Trinajstić information content (AvgIpc) is 2.94. The predicted molar refractivity (Wildman–Crippen MR) is 84.9 cm³/mol. The van der Waals surface area contributed by atoms with E-state index in [1.807, 2.05) is 0 Å². The zero-order chi connectivity index (χ0) is 17.7. The second kappa shape index (κ2) is 8.22. The van der Waals surface area contributed by atoms with Gasteiger partial charge in [-0.2, -0.15) is 4.68 Å². The van der Waals surface area contributed by atoms with Crippen LogP contribution in [0, 0.1) is 5.92 Å². The molecule has 10 nitrogen and oxygen atoms in total. The van der Waals surface area contributed by atoms with Crippen molar-refractivity contribution in [1.82, 2.24) is 19.6 Å². The number of carbonyl (C=O) groups is 2. The summed E-state index contributed by atoms with van der Waals surface area (Å²) in [7, 11) is 0. The third-order valence-electron chi connectivity index (χ3n) is 3.43. The van der Waals surface area contributed by atoms with Gasteiger partial charge in [0.25, 0.3) is 0 Å². The maximum atomic E-state index is 12.4. The van der Waals surface area contributed by atoms with Crippen LogP contribution in [-0.2, 0) is 15.5 Å². The Hall–Kier alpha value is -1.98. The van der Waals surface area contributed by atoms with Crippen molar-refractivity contribution in [3.8, 4) is 0 Å². The summed E-state index contributed by atoms with van der Waals surface area (Å²) in [6.45, 7) is 8.13. The molecule has 0 saturated carbocycles. The van der Waals surface area contributed by atoms with Crippen molar-refractivity contribution < 1.29 is 22.5 Å². The lowest BCUT2D eigenvalue weighted by molar-refractivity contribution is 0.130. The van der Waals surface area contributed by atoms with Crippen LogP contribution in [0.5, 0.6) is 0 Å². The van der Waals surface area contributed by atoms with Gasteiger partial charge in [-0.05, 0) is 5.92 Å². The lowest BCUT2D eigenvalue weighted by Crippen LogP contribution is -2.50. The summed E-state index contributed by atoms with van der Waals surface area (Å²) in [4.78, 5) is 27.5. The highest BCUT2D eigenvalue weighted by Crippen LogP contribution is 2.09. The first-order valence-electron chi connectivity index (χ1n) is 7.51. The van der Waals surface area contributed by atoms with E-state index in [0.717, 1.165) is 24.3 Å². The monoisotopic (exact) mass is 358 g/mol. The Balaban J connectivity index is 1.87. The second-order valence-corrected chi connectivity index (χ2v) is 6.38. The Morgan fingerprint density at radius 3 is 2.62 bits per heavy atom. The Morgan fingerprint density at radius 1 is 1.38 bits per heavy atom. The summed E-state index contributed by atoms with van der Waals surface area (Å²) >= 11 is -2.96. The first-order chi connectivity index (χ1) is 11.3. The molecule has 1 aliphatic rings. The molecule has 1 fully saturated rings. The molecule has 0 spiro atoms. The van der Waals surface area contributed by atoms with Gasteiger partial charge in [-0.25, -0.2) is 13.8 Å². The number of aromatic nitrogens is 2. The smallest absolute Gasteiger partial charge is 0.426 e. The highest BCUT2D eigenvalue weighted by molar-refractivity contribution is 7.74. The SMILES string of the molecule is CC(C)CN1CCN(C(=O)n2ccc(NC(=O)OS(=O)[O-])n2)CC1. The van der Waals surface area contributed by atoms with E-state index in [4.69, 9.17) is 0 Å². The van der Waals surface area contributed by atoms with E-state index < -0.39 is 17.5 Å². The van der Waals surface area contributed by atoms with E-state index in [1.165, 1.54) is 12.3 Å². The fourth-order valence-electron chi connectivity index (χ4n) is 2.47. The number of hydrogen-bond donors (Lipinski definition) is 1. The van der Waals surface area contributed by atoms with Crippen molar-refractivity contribution >= 4 is 29.3 Å². The first kappa shape index (κ1) is 18.4. The number of hydrogen-bond acceptors (Lipinski definition) is 7. The molecule has 0 bridgehead atoms. The number of rotatable bonds is 4. The maximum Gasteiger partial charge on any atom is 0.426 e. The number of nitrogens with zero attached hydrogens (tertiary/aromatic N) is 4. The Bertz CT molecular complexity index is 612. The molecule has 1 saturated heterocycles. The highest BCUT2D eigenvalue weighted by atomic mass is 32.2. The Kier molecular flexibility index (Phi) is 6.29. The second-order valence-electron chi connectivity index (χ2n) is 5.81. The van der Waals surface area contributed by atoms with Crippen LogP contribution < -0.4 is 5.32 Å². The minimum atomic E-state index is -2.96. The molecular weight excluding hydrogens is 338 g/mol. The molecule has 1 aliphatic heterocycles. The molecule has 1 atom stereocenters. The largest absolute Gasteiger partial charge is 0.740 e. The van der Waals surface area contributed by atoms with E-state index in [2.05, 4.69) is 33.3 Å². The molecule has 0 radical (unpaired) electrons. The topological polar surface area (TPSA) is 120 Å². The molecule has 2 amide bonds. The van der Waals surface area contributed by atoms with Gasteiger partial charge in [0, 0.05) is 45.0 Å². The van der Waals surface area contributed by atoms with Crippen molar-refractivity contribution in [3.05, 3.63) is 12.3 Å². The van der Waals surface area contributed by atoms with Crippen LogP contribution in [-0.4, -0.2) is 73.2 Å². The molecule has 11 heteroatoms. The average molecular weight is 358 g/mol. The minimum absolute atomic E-state index is 0.0252. The Labute approximate surface area is 142 Å². The first-order valence-corrected chi connectivity index (χ1v) is 8.51. The van der Waals surface area contributed by atoms with Gasteiger partial charge in [0.2, 0.25) is 0 Å². The van der Waals surface area contributed by atoms with E-state index >= 15 is 0 Å². The minimum Gasteiger partial charge on any atom is -0.740 e. The van der Waals surface area contributed by atoms with Gasteiger partial charge < -0.3 is 13.6 Å². The molecule has 2 heterocycles. The van der Waals surface area contributed by atoms with Gasteiger partial charge in [0.15, 0.2) is 5.82 Å². The van der Waals surface area contributed by atoms with E-state index in [1.54, 1.807) is 4.90 Å². The number of piperazine rings is 1. The number of amides is 2. The van der Waals surface area contributed by atoms with Gasteiger partial charge >= 0.3 is 12.1 Å². The van der Waals surface area contributed by atoms with Crippen LogP contribution in [0.2, 0.25) is 0 Å². The van der Waals surface area contributed by atoms with Crippen molar-refractivity contribution in [2.45, 2.75) is 13.8 Å². The number of carbonyl (C=O) groups excluding carboxylic acids is 2. The van der Waals surface area contributed by atoms with Crippen LogP contribution in [0.15, 0.2) is 12.3 Å². The third-order valence-corrected chi connectivity index (χ3v) is 3.71. The van der Waals surface area contributed by atoms with Crippen LogP contribution in [0.3, 0.4) is 0 Å². The van der Waals surface area contributed by atoms with Crippen molar-refractivity contribution in [2.24, 2.45) is 5.92 Å². The molecule has 2 rings (SSSR count). The van der Waals surface area contributed by atoms with Gasteiger partial charge in [0.1, 0.15) is 11.4 Å². The van der Waals surface area contributed by atoms with Crippen molar-refractivity contribution in [3.63, 3.8) is 0 Å². The predicted octanol–water partition coefficient (Wildman–Crippen LogP) is 0.467. The summed E-state index contributed by atoms with van der Waals surface area (Å²) in [5.41, 5.74) is 0. The number of nitrogens with one attached hydrogen (secondary N) is 1. The van der Waals surface area contributed by atoms with Crippen LogP contribution in [0.25, 0.3) is 0 Å². The lowest BCUT2D eigenvalue weighted by atomic mass is 10.2. The van der Waals surface area contributed by atoms with Crippen LogP contribution in [0.1, 0.15) is 13.8 Å². The fourth-order valence-corrected chi connectivity index (χ4v) is 2.63. The van der Waals surface area contributed by atoms with Crippen LogP contribution >= 0.6 is 0 Å². The number of anilines is 1. The molecule has 1 aromatic rings. The zero-order valence-corrected chi connectivity index (χ0v) is 14.3. The summed E-state index contributed by atoms with van der Waals surface area (Å²) in [6.07, 6.45) is 0.204. The molecule has 1 N–H and O–H groups in total. The lowest BCUT2D eigenvalue weighted by Gasteiger charge is -2.35. The standard InChI is InChI=1S/C13H21N5O5S/c1-10(2)9-16-5-7-17(8-6-16)13(20)18-4-3-11(15-18)14-12(19)23-24(21)22/h3-4,10H,5-9H2,1-2H3,(H,21,22)(H,14,15,19)/p-1. The summed E-state index contributed by atoms with van der Waals surface area (Å²) < 4.78 is 25.5. The van der Waals surface area contributed by atoms with Crippen molar-refractivity contribution in [2.75, 3.05) is 38.0 Å². The van der Waals surface area contributed by atoms with E-state index in [-0.39, 0.29) is 11.8 Å². The van der Waals surface area contributed by atoms with Gasteiger partial charge in [-0.15, -0.1) is 5.10 Å². The highest BCUT2D eigenvalue weighted by Gasteiger charge is 2.23. The summed E-state index contributed by atoms with van der Waals surface area (Å²) in [5.74, 6) is 0.604. The van der Waals surface area contributed by atoms with Gasteiger partial charge in [-0.3, -0.25) is 10.2 Å². The van der Waals surface area contributed by atoms with Crippen LogP contribution in [0.4, 0.5) is 15.4 Å². The van der Waals surface area contributed by atoms with E-state index in [9.17, 15) is 18.4 Å². The zero-order valence-electron chi connectivity index (χ0n) is 13.5. The normalized spacial score (nSPS) is 16.9. The molecule has 24 heavy (non-hydrogen) atoms. The fraction of sp³-hybridized carbons (Fsp3) is 0.615. The van der Waals surface area contributed by atoms with Crippen molar-refractivity contribution in [1.29, 1.82) is 0 Å². The molecule has 0 aliphatic carbocycles. The Morgan fingerprint density at radius 2 is 2.04 bits per heavy atom. The van der Waals surface area contributed by atoms with E-state index in [0.29, 0.717) is 19.0 Å². The van der Waals surface area contributed by atoms with Gasteiger partial charge in [-0.1, -0.05) is 13.8 Å². The van der Waals surface area contributed by atoms with Gasteiger partial charge in [0.05, 0.1) is 0 Å².